The molecule has 0 aliphatic carbocycles. The molecule has 1 N–H and O–H groups in total. The summed E-state index contributed by atoms with van der Waals surface area (Å²) in [6.07, 6.45) is -4.28. The number of nitrogens with zero attached hydrogens (tertiary/aromatic N) is 2. The number of fused-ring (bicyclic) bond motifs is 1. The number of likely N-dealkylation sites (tertiary alicyclic amines) is 1. The lowest BCUT2D eigenvalue weighted by Gasteiger charge is -2.19. The Bertz CT molecular complexity index is 1050. The van der Waals surface area contributed by atoms with Gasteiger partial charge in [-0.25, -0.2) is 0 Å². The van der Waals surface area contributed by atoms with Gasteiger partial charge in [-0.2, -0.15) is 4.98 Å². The first-order valence-electron chi connectivity index (χ1n) is 8.75. The van der Waals surface area contributed by atoms with E-state index in [2.05, 4.69) is 15.0 Å². The Morgan fingerprint density at radius 1 is 1.28 bits per heavy atom. The summed E-state index contributed by atoms with van der Waals surface area (Å²) in [5.41, 5.74) is 1.03. The van der Waals surface area contributed by atoms with Crippen molar-refractivity contribution < 1.29 is 27.1 Å². The zero-order chi connectivity index (χ0) is 20.6. The number of carbonyl (C=O) groups excluding carboxylic acids is 1. The van der Waals surface area contributed by atoms with E-state index < -0.39 is 18.0 Å². The van der Waals surface area contributed by atoms with E-state index in [1.54, 1.807) is 18.2 Å². The maximum absolute atomic E-state index is 12.7. The lowest BCUT2D eigenvalue weighted by Crippen LogP contribution is -2.32. The van der Waals surface area contributed by atoms with Crippen LogP contribution in [0.25, 0.3) is 11.1 Å². The molecule has 0 unspecified atom stereocenters. The molecule has 1 aliphatic heterocycles. The van der Waals surface area contributed by atoms with Gasteiger partial charge in [-0.1, -0.05) is 23.7 Å². The summed E-state index contributed by atoms with van der Waals surface area (Å²) < 4.78 is 47.4. The van der Waals surface area contributed by atoms with Crippen LogP contribution in [0.3, 0.4) is 0 Å². The quantitative estimate of drug-likeness (QED) is 0.656. The average Bonchev–Trinajstić information content (AvgIpc) is 3.26. The van der Waals surface area contributed by atoms with E-state index in [0.29, 0.717) is 41.6 Å². The minimum atomic E-state index is -4.87. The van der Waals surface area contributed by atoms with Crippen molar-refractivity contribution in [2.24, 2.45) is 0 Å². The van der Waals surface area contributed by atoms with Crippen molar-refractivity contribution in [3.8, 4) is 5.75 Å². The Labute approximate surface area is 168 Å². The van der Waals surface area contributed by atoms with Crippen LogP contribution in [0.4, 0.5) is 19.2 Å². The minimum Gasteiger partial charge on any atom is -0.423 e. The van der Waals surface area contributed by atoms with Gasteiger partial charge in [-0.15, -0.1) is 13.2 Å². The first kappa shape index (κ1) is 19.4. The first-order valence-corrected chi connectivity index (χ1v) is 9.13. The van der Waals surface area contributed by atoms with Gasteiger partial charge in [0, 0.05) is 30.2 Å². The average molecular weight is 426 g/mol. The molecular weight excluding hydrogens is 411 g/mol. The number of alkyl halides is 3. The Balaban J connectivity index is 1.45. The summed E-state index contributed by atoms with van der Waals surface area (Å²) in [5, 5.41) is 3.64. The number of amides is 1. The molecule has 6 nitrogen and oxygen atoms in total. The second kappa shape index (κ2) is 7.47. The van der Waals surface area contributed by atoms with Crippen molar-refractivity contribution >= 4 is 34.6 Å². The van der Waals surface area contributed by atoms with Crippen LogP contribution in [0.15, 0.2) is 46.9 Å². The molecular formula is C19H15ClF3N3O3. The van der Waals surface area contributed by atoms with E-state index in [-0.39, 0.29) is 11.6 Å². The van der Waals surface area contributed by atoms with Crippen LogP contribution in [-0.2, 0) is 0 Å². The number of carbonyl (C=O) groups is 1. The fourth-order valence-electron chi connectivity index (χ4n) is 3.22. The topological polar surface area (TPSA) is 67.6 Å². The largest absolute Gasteiger partial charge is 0.573 e. The highest BCUT2D eigenvalue weighted by atomic mass is 35.5. The van der Waals surface area contributed by atoms with E-state index in [9.17, 15) is 18.0 Å². The third kappa shape index (κ3) is 4.40. The van der Waals surface area contributed by atoms with Gasteiger partial charge in [0.15, 0.2) is 5.58 Å². The molecule has 1 saturated heterocycles. The maximum Gasteiger partial charge on any atom is 0.573 e. The number of ether oxygens (including phenoxy) is 1. The molecule has 1 fully saturated rings. The molecule has 29 heavy (non-hydrogen) atoms. The highest BCUT2D eigenvalue weighted by Gasteiger charge is 2.34. The summed E-state index contributed by atoms with van der Waals surface area (Å²) >= 11 is 5.93. The van der Waals surface area contributed by atoms with E-state index in [1.807, 2.05) is 0 Å². The maximum atomic E-state index is 12.7. The summed E-state index contributed by atoms with van der Waals surface area (Å²) in [7, 11) is 0. The first-order chi connectivity index (χ1) is 13.8. The van der Waals surface area contributed by atoms with E-state index in [4.69, 9.17) is 16.0 Å². The number of benzene rings is 2. The number of hydrogen-bond donors (Lipinski definition) is 1. The molecule has 0 saturated carbocycles. The fraction of sp³-hybridized carbons (Fsp3) is 0.263. The van der Waals surface area contributed by atoms with Gasteiger partial charge in [0.1, 0.15) is 11.3 Å². The SMILES string of the molecule is O=C(c1ccccc1OC(F)(F)F)N1CC[C@@H](Nc2nc3ccc(Cl)cc3o2)C1. The Morgan fingerprint density at radius 2 is 2.07 bits per heavy atom. The molecule has 0 radical (unpaired) electrons. The Kier molecular flexibility index (Phi) is 4.99. The van der Waals surface area contributed by atoms with Crippen LogP contribution in [0.5, 0.6) is 5.75 Å². The van der Waals surface area contributed by atoms with Gasteiger partial charge < -0.3 is 19.4 Å². The number of para-hydroxylation sites is 1. The number of anilines is 1. The molecule has 1 aliphatic rings. The summed E-state index contributed by atoms with van der Waals surface area (Å²) in [4.78, 5) is 18.5. The van der Waals surface area contributed by atoms with Crippen molar-refractivity contribution in [1.29, 1.82) is 0 Å². The number of hydrogen-bond acceptors (Lipinski definition) is 5. The van der Waals surface area contributed by atoms with Crippen LogP contribution in [-0.4, -0.2) is 41.3 Å². The molecule has 0 bridgehead atoms. The summed E-state index contributed by atoms with van der Waals surface area (Å²) in [6, 6.07) is 10.5. The van der Waals surface area contributed by atoms with Crippen molar-refractivity contribution in [3.63, 3.8) is 0 Å². The van der Waals surface area contributed by atoms with Crippen molar-refractivity contribution in [1.82, 2.24) is 9.88 Å². The minimum absolute atomic E-state index is 0.137. The van der Waals surface area contributed by atoms with Gasteiger partial charge >= 0.3 is 6.36 Å². The zero-order valence-corrected chi connectivity index (χ0v) is 15.6. The van der Waals surface area contributed by atoms with Crippen LogP contribution in [0.2, 0.25) is 5.02 Å². The van der Waals surface area contributed by atoms with Gasteiger partial charge in [0.05, 0.1) is 5.56 Å². The molecule has 0 spiro atoms. The second-order valence-corrected chi connectivity index (χ2v) is 6.99. The van der Waals surface area contributed by atoms with Crippen molar-refractivity contribution in [2.75, 3.05) is 18.4 Å². The van der Waals surface area contributed by atoms with Crippen LogP contribution >= 0.6 is 11.6 Å². The number of halogens is 4. The molecule has 1 amide bonds. The smallest absolute Gasteiger partial charge is 0.423 e. The monoisotopic (exact) mass is 425 g/mol. The predicted octanol–water partition coefficient (Wildman–Crippen LogP) is 4.71. The number of oxazole rings is 1. The number of rotatable bonds is 4. The zero-order valence-electron chi connectivity index (χ0n) is 14.9. The third-order valence-corrected chi connectivity index (χ3v) is 4.73. The van der Waals surface area contributed by atoms with Gasteiger partial charge in [0.2, 0.25) is 0 Å². The van der Waals surface area contributed by atoms with E-state index in [0.717, 1.165) is 6.07 Å². The Morgan fingerprint density at radius 3 is 2.86 bits per heavy atom. The lowest BCUT2D eigenvalue weighted by atomic mass is 10.2. The molecule has 2 aromatic carbocycles. The second-order valence-electron chi connectivity index (χ2n) is 6.56. The predicted molar refractivity (Wildman–Crippen MR) is 100 cm³/mol. The molecule has 152 valence electrons. The molecule has 3 aromatic rings. The van der Waals surface area contributed by atoms with Crippen LogP contribution in [0.1, 0.15) is 16.8 Å². The fourth-order valence-corrected chi connectivity index (χ4v) is 3.39. The van der Waals surface area contributed by atoms with Gasteiger partial charge in [-0.05, 0) is 30.7 Å². The Hall–Kier alpha value is -2.94. The van der Waals surface area contributed by atoms with E-state index >= 15 is 0 Å². The summed E-state index contributed by atoms with van der Waals surface area (Å²) in [6.45, 7) is 0.668. The highest BCUT2D eigenvalue weighted by molar-refractivity contribution is 6.31. The third-order valence-electron chi connectivity index (χ3n) is 4.50. The number of nitrogens with one attached hydrogen (secondary N) is 1. The molecule has 1 aromatic heterocycles. The van der Waals surface area contributed by atoms with Crippen molar-refractivity contribution in [3.05, 3.63) is 53.1 Å². The van der Waals surface area contributed by atoms with E-state index in [1.165, 1.54) is 23.1 Å². The molecule has 10 heteroatoms. The standard InChI is InChI=1S/C19H15ClF3N3O3/c20-11-5-6-14-16(9-11)28-18(25-14)24-12-7-8-26(10-12)17(27)13-3-1-2-4-15(13)29-19(21,22)23/h1-6,9,12H,7-8,10H2,(H,24,25)/t12-/m1/s1. The van der Waals surface area contributed by atoms with Crippen molar-refractivity contribution in [2.45, 2.75) is 18.8 Å². The molecule has 2 heterocycles. The lowest BCUT2D eigenvalue weighted by molar-refractivity contribution is -0.274. The molecule has 4 rings (SSSR count). The highest BCUT2D eigenvalue weighted by Crippen LogP contribution is 2.29. The normalized spacial score (nSPS) is 17.0. The van der Waals surface area contributed by atoms with Gasteiger partial charge in [-0.3, -0.25) is 4.79 Å². The summed E-state index contributed by atoms with van der Waals surface area (Å²) in [5.74, 6) is -1.05. The van der Waals surface area contributed by atoms with Crippen LogP contribution in [0, 0.1) is 0 Å². The van der Waals surface area contributed by atoms with Gasteiger partial charge in [0.25, 0.3) is 11.9 Å². The van der Waals surface area contributed by atoms with Crippen LogP contribution < -0.4 is 10.1 Å². The number of aromatic nitrogens is 1. The molecule has 1 atom stereocenters.